The zero-order chi connectivity index (χ0) is 11.5. The lowest BCUT2D eigenvalue weighted by Crippen LogP contribution is -2.54. The van der Waals surface area contributed by atoms with Gasteiger partial charge in [-0.05, 0) is 35.2 Å². The topological polar surface area (TPSA) is 15.3 Å². The molecule has 1 saturated heterocycles. The first-order valence-electron chi connectivity index (χ1n) is 6.18. The fourth-order valence-electron chi connectivity index (χ4n) is 2.54. The molecule has 2 unspecified atom stereocenters. The summed E-state index contributed by atoms with van der Waals surface area (Å²) in [6.45, 7) is 10.4. The van der Waals surface area contributed by atoms with Gasteiger partial charge in [0.2, 0.25) is 0 Å². The van der Waals surface area contributed by atoms with Crippen molar-refractivity contribution in [3.8, 4) is 0 Å². The van der Waals surface area contributed by atoms with Crippen molar-refractivity contribution in [2.75, 3.05) is 19.6 Å². The van der Waals surface area contributed by atoms with Gasteiger partial charge in [0.25, 0.3) is 0 Å². The highest BCUT2D eigenvalue weighted by Crippen LogP contribution is 2.27. The highest BCUT2D eigenvalue weighted by atomic mass is 32.1. The van der Waals surface area contributed by atoms with Crippen LogP contribution in [0, 0.1) is 5.92 Å². The van der Waals surface area contributed by atoms with Crippen molar-refractivity contribution in [2.45, 2.75) is 32.9 Å². The third kappa shape index (κ3) is 2.47. The number of nitrogens with zero attached hydrogens (tertiary/aromatic N) is 1. The molecule has 16 heavy (non-hydrogen) atoms. The zero-order valence-electron chi connectivity index (χ0n) is 10.4. The summed E-state index contributed by atoms with van der Waals surface area (Å²) >= 11 is 1.80. The van der Waals surface area contributed by atoms with E-state index in [0.29, 0.717) is 18.0 Å². The normalized spacial score (nSPS) is 24.9. The Labute approximate surface area is 103 Å². The average molecular weight is 238 g/mol. The van der Waals surface area contributed by atoms with Crippen LogP contribution in [-0.4, -0.2) is 30.6 Å². The Hall–Kier alpha value is -0.380. The zero-order valence-corrected chi connectivity index (χ0v) is 11.3. The van der Waals surface area contributed by atoms with E-state index in [0.717, 1.165) is 13.1 Å². The lowest BCUT2D eigenvalue weighted by molar-refractivity contribution is 0.0845. The van der Waals surface area contributed by atoms with E-state index in [9.17, 15) is 0 Å². The van der Waals surface area contributed by atoms with Gasteiger partial charge in [-0.1, -0.05) is 13.8 Å². The SMILES string of the molecule is CC(C)C1CNCCN1C(C)c1ccsc1. The number of piperazine rings is 1. The maximum atomic E-state index is 3.51. The van der Waals surface area contributed by atoms with Crippen LogP contribution in [0.4, 0.5) is 0 Å². The molecule has 2 atom stereocenters. The maximum absolute atomic E-state index is 3.51. The third-order valence-electron chi connectivity index (χ3n) is 3.62. The van der Waals surface area contributed by atoms with Crippen LogP contribution in [0.1, 0.15) is 32.4 Å². The molecule has 1 aromatic rings. The Kier molecular flexibility index (Phi) is 4.00. The Morgan fingerprint density at radius 3 is 2.88 bits per heavy atom. The van der Waals surface area contributed by atoms with Crippen LogP contribution in [0.5, 0.6) is 0 Å². The van der Waals surface area contributed by atoms with Crippen LogP contribution in [0.2, 0.25) is 0 Å². The van der Waals surface area contributed by atoms with Gasteiger partial charge in [0.15, 0.2) is 0 Å². The van der Waals surface area contributed by atoms with Crippen molar-refractivity contribution in [3.63, 3.8) is 0 Å². The predicted octanol–water partition coefficient (Wildman–Crippen LogP) is 2.74. The van der Waals surface area contributed by atoms with Crippen molar-refractivity contribution in [2.24, 2.45) is 5.92 Å². The summed E-state index contributed by atoms with van der Waals surface area (Å²) < 4.78 is 0. The van der Waals surface area contributed by atoms with Crippen LogP contribution in [-0.2, 0) is 0 Å². The molecule has 2 nitrogen and oxygen atoms in total. The van der Waals surface area contributed by atoms with Crippen LogP contribution >= 0.6 is 11.3 Å². The fourth-order valence-corrected chi connectivity index (χ4v) is 3.29. The van der Waals surface area contributed by atoms with Crippen molar-refractivity contribution < 1.29 is 0 Å². The van der Waals surface area contributed by atoms with E-state index in [1.165, 1.54) is 12.1 Å². The quantitative estimate of drug-likeness (QED) is 0.871. The minimum atomic E-state index is 0.556. The van der Waals surface area contributed by atoms with Gasteiger partial charge < -0.3 is 5.32 Å². The Morgan fingerprint density at radius 2 is 2.25 bits per heavy atom. The third-order valence-corrected chi connectivity index (χ3v) is 4.32. The summed E-state index contributed by atoms with van der Waals surface area (Å²) in [5.41, 5.74) is 1.47. The molecule has 0 saturated carbocycles. The average Bonchev–Trinajstić information content (AvgIpc) is 2.81. The van der Waals surface area contributed by atoms with Gasteiger partial charge in [-0.15, -0.1) is 0 Å². The van der Waals surface area contributed by atoms with Crippen molar-refractivity contribution in [1.29, 1.82) is 0 Å². The molecule has 1 aliphatic rings. The van der Waals surface area contributed by atoms with Gasteiger partial charge in [0.05, 0.1) is 0 Å². The lowest BCUT2D eigenvalue weighted by atomic mass is 9.97. The lowest BCUT2D eigenvalue weighted by Gasteiger charge is -2.42. The summed E-state index contributed by atoms with van der Waals surface area (Å²) in [7, 11) is 0. The molecule has 1 N–H and O–H groups in total. The molecule has 3 heteroatoms. The highest BCUT2D eigenvalue weighted by Gasteiger charge is 2.29. The second kappa shape index (κ2) is 5.30. The van der Waals surface area contributed by atoms with Gasteiger partial charge in [-0.2, -0.15) is 11.3 Å². The smallest absolute Gasteiger partial charge is 0.0332 e. The number of nitrogens with one attached hydrogen (secondary N) is 1. The minimum absolute atomic E-state index is 0.556. The second-order valence-electron chi connectivity index (χ2n) is 4.99. The molecule has 0 radical (unpaired) electrons. The molecule has 0 bridgehead atoms. The van der Waals surface area contributed by atoms with Crippen LogP contribution < -0.4 is 5.32 Å². The van der Waals surface area contributed by atoms with Gasteiger partial charge in [-0.3, -0.25) is 4.90 Å². The predicted molar refractivity (Wildman–Crippen MR) is 70.9 cm³/mol. The largest absolute Gasteiger partial charge is 0.314 e. The molecule has 2 heterocycles. The Morgan fingerprint density at radius 1 is 1.44 bits per heavy atom. The molecule has 1 aromatic heterocycles. The number of hydrogen-bond donors (Lipinski definition) is 1. The van der Waals surface area contributed by atoms with E-state index in [1.54, 1.807) is 11.3 Å². The van der Waals surface area contributed by atoms with E-state index in [4.69, 9.17) is 0 Å². The maximum Gasteiger partial charge on any atom is 0.0332 e. The first kappa shape index (κ1) is 12.1. The molecule has 1 aliphatic heterocycles. The van der Waals surface area contributed by atoms with Gasteiger partial charge in [0, 0.05) is 31.7 Å². The molecule has 0 aliphatic carbocycles. The Balaban J connectivity index is 2.11. The van der Waals surface area contributed by atoms with Crippen molar-refractivity contribution in [3.05, 3.63) is 22.4 Å². The summed E-state index contributed by atoms with van der Waals surface area (Å²) in [4.78, 5) is 2.66. The second-order valence-corrected chi connectivity index (χ2v) is 5.77. The van der Waals surface area contributed by atoms with Gasteiger partial charge in [-0.25, -0.2) is 0 Å². The standard InChI is InChI=1S/C13H22N2S/c1-10(2)13-8-14-5-6-15(13)11(3)12-4-7-16-9-12/h4,7,9-11,13-14H,5-6,8H2,1-3H3. The van der Waals surface area contributed by atoms with E-state index < -0.39 is 0 Å². The first-order chi connectivity index (χ1) is 7.70. The molecule has 0 aromatic carbocycles. The molecule has 2 rings (SSSR count). The van der Waals surface area contributed by atoms with E-state index in [-0.39, 0.29) is 0 Å². The summed E-state index contributed by atoms with van der Waals surface area (Å²) in [6.07, 6.45) is 0. The molecule has 90 valence electrons. The number of hydrogen-bond acceptors (Lipinski definition) is 3. The highest BCUT2D eigenvalue weighted by molar-refractivity contribution is 7.07. The van der Waals surface area contributed by atoms with E-state index in [2.05, 4.69) is 47.8 Å². The molecule has 1 fully saturated rings. The molecular formula is C13H22N2S. The van der Waals surface area contributed by atoms with E-state index >= 15 is 0 Å². The van der Waals surface area contributed by atoms with Crippen LogP contribution in [0.3, 0.4) is 0 Å². The van der Waals surface area contributed by atoms with Gasteiger partial charge >= 0.3 is 0 Å². The summed E-state index contributed by atoms with van der Waals surface area (Å²) in [6, 6.07) is 3.48. The molecular weight excluding hydrogens is 216 g/mol. The monoisotopic (exact) mass is 238 g/mol. The van der Waals surface area contributed by atoms with Crippen LogP contribution in [0.25, 0.3) is 0 Å². The first-order valence-corrected chi connectivity index (χ1v) is 7.13. The number of thiophene rings is 1. The Bertz CT molecular complexity index is 308. The van der Waals surface area contributed by atoms with Gasteiger partial charge in [0.1, 0.15) is 0 Å². The van der Waals surface area contributed by atoms with Crippen molar-refractivity contribution >= 4 is 11.3 Å². The summed E-state index contributed by atoms with van der Waals surface area (Å²) in [5.74, 6) is 0.717. The van der Waals surface area contributed by atoms with E-state index in [1.807, 2.05) is 0 Å². The fraction of sp³-hybridized carbons (Fsp3) is 0.692. The number of rotatable bonds is 3. The minimum Gasteiger partial charge on any atom is -0.314 e. The van der Waals surface area contributed by atoms with Crippen molar-refractivity contribution in [1.82, 2.24) is 10.2 Å². The molecule has 0 amide bonds. The molecule has 0 spiro atoms. The van der Waals surface area contributed by atoms with Crippen LogP contribution in [0.15, 0.2) is 16.8 Å². The summed E-state index contributed by atoms with van der Waals surface area (Å²) in [5, 5.41) is 7.97.